The number of ether oxygens (including phenoxy) is 4. The molecule has 2 fully saturated rings. The van der Waals surface area contributed by atoms with Gasteiger partial charge in [-0.05, 0) is 57.6 Å². The molecular formula is C28H36N2O11. The maximum absolute atomic E-state index is 11.2. The van der Waals surface area contributed by atoms with Crippen LogP contribution in [0.4, 0.5) is 11.4 Å². The molecule has 6 unspecified atom stereocenters. The maximum Gasteiger partial charge on any atom is 0.270 e. The number of aromatic hydroxyl groups is 2. The van der Waals surface area contributed by atoms with Gasteiger partial charge in [0.1, 0.15) is 11.5 Å². The van der Waals surface area contributed by atoms with Gasteiger partial charge in [-0.1, -0.05) is 6.92 Å². The summed E-state index contributed by atoms with van der Waals surface area (Å²) in [7, 11) is 0. The minimum Gasteiger partial charge on any atom is -0.507 e. The van der Waals surface area contributed by atoms with E-state index in [4.69, 9.17) is 18.9 Å². The van der Waals surface area contributed by atoms with Crippen molar-refractivity contribution in [2.45, 2.75) is 102 Å². The van der Waals surface area contributed by atoms with Gasteiger partial charge in [0, 0.05) is 30.7 Å². The highest BCUT2D eigenvalue weighted by Gasteiger charge is 2.34. The lowest BCUT2D eigenvalue weighted by atomic mass is 9.97. The van der Waals surface area contributed by atoms with Crippen LogP contribution >= 0.6 is 0 Å². The largest absolute Gasteiger partial charge is 0.507 e. The van der Waals surface area contributed by atoms with Crippen molar-refractivity contribution in [3.8, 4) is 11.5 Å². The van der Waals surface area contributed by atoms with Gasteiger partial charge in [0.15, 0.2) is 12.6 Å². The first kappa shape index (κ1) is 30.6. The Kier molecular flexibility index (Phi) is 10.1. The summed E-state index contributed by atoms with van der Waals surface area (Å²) in [5, 5.41) is 53.7. The van der Waals surface area contributed by atoms with Gasteiger partial charge in [-0.25, -0.2) is 0 Å². The van der Waals surface area contributed by atoms with E-state index in [2.05, 4.69) is 0 Å². The summed E-state index contributed by atoms with van der Waals surface area (Å²) >= 11 is 0. The molecule has 4 rings (SSSR count). The summed E-state index contributed by atoms with van der Waals surface area (Å²) < 4.78 is 23.8. The third-order valence-corrected chi connectivity index (χ3v) is 7.43. The zero-order valence-electron chi connectivity index (χ0n) is 23.0. The predicted octanol–water partition coefficient (Wildman–Crippen LogP) is 5.31. The number of aliphatic hydroxyl groups is 1. The molecule has 2 aliphatic rings. The lowest BCUT2D eigenvalue weighted by molar-refractivity contribution is -0.385. The van der Waals surface area contributed by atoms with Gasteiger partial charge in [0.25, 0.3) is 11.4 Å². The lowest BCUT2D eigenvalue weighted by Crippen LogP contribution is -2.35. The smallest absolute Gasteiger partial charge is 0.270 e. The van der Waals surface area contributed by atoms with Crippen molar-refractivity contribution in [2.75, 3.05) is 0 Å². The van der Waals surface area contributed by atoms with Crippen molar-refractivity contribution in [1.29, 1.82) is 0 Å². The van der Waals surface area contributed by atoms with E-state index in [1.54, 1.807) is 0 Å². The Hall–Kier alpha value is -3.36. The summed E-state index contributed by atoms with van der Waals surface area (Å²) in [4.78, 5) is 21.3. The molecule has 13 nitrogen and oxygen atoms in total. The predicted molar refractivity (Wildman–Crippen MR) is 144 cm³/mol. The van der Waals surface area contributed by atoms with Crippen LogP contribution in [0.2, 0.25) is 0 Å². The molecule has 0 amide bonds. The van der Waals surface area contributed by atoms with Gasteiger partial charge < -0.3 is 34.3 Å². The van der Waals surface area contributed by atoms with Crippen molar-refractivity contribution in [1.82, 2.24) is 0 Å². The minimum absolute atomic E-state index is 0.144. The average Bonchev–Trinajstić information content (AvgIpc) is 2.92. The second kappa shape index (κ2) is 13.5. The first-order valence-corrected chi connectivity index (χ1v) is 13.8. The third-order valence-electron chi connectivity index (χ3n) is 7.43. The zero-order chi connectivity index (χ0) is 29.7. The van der Waals surface area contributed by atoms with Crippen LogP contribution in [0.5, 0.6) is 11.5 Å². The van der Waals surface area contributed by atoms with E-state index in [0.717, 1.165) is 0 Å². The normalized spacial score (nSPS) is 27.3. The SMILES string of the molecule is CCC1CC(CCCC(O)CC2C[C@H](C)OC(c3cc([N+](=O)[O-])ccc3O)O2)OC(c2cc([N+](=O)[O-])ccc2O)O1. The van der Waals surface area contributed by atoms with Gasteiger partial charge in [-0.2, -0.15) is 0 Å². The molecule has 2 aromatic rings. The second-order valence-corrected chi connectivity index (χ2v) is 10.6. The Bertz CT molecular complexity index is 1230. The molecule has 3 N–H and O–H groups in total. The highest BCUT2D eigenvalue weighted by atomic mass is 16.7. The fourth-order valence-corrected chi connectivity index (χ4v) is 5.27. The van der Waals surface area contributed by atoms with Crippen molar-refractivity contribution in [2.24, 2.45) is 0 Å². The van der Waals surface area contributed by atoms with Crippen LogP contribution in [-0.2, 0) is 18.9 Å². The molecule has 0 aromatic heterocycles. The number of nitro groups is 2. The van der Waals surface area contributed by atoms with Crippen LogP contribution in [0.1, 0.15) is 82.5 Å². The number of hydrogen-bond acceptors (Lipinski definition) is 11. The van der Waals surface area contributed by atoms with Crippen LogP contribution in [-0.4, -0.2) is 55.7 Å². The standard InChI is InChI=1S/C28H36N2O11/c1-3-20-15-21(40-28(39-20)24-13-18(30(36)37)8-10-26(24)33)6-4-5-19(31)14-22-11-16(2)38-27(41-22)23-12-17(29(34)35)7-9-25(23)32/h7-10,12-13,16,19-22,27-28,31-33H,3-6,11,14-15H2,1-2H3/t16-,19?,20?,21?,22?,27?,28?/m0/s1. The first-order chi connectivity index (χ1) is 19.5. The topological polar surface area (TPSA) is 184 Å². The number of rotatable bonds is 11. The molecule has 7 atom stereocenters. The van der Waals surface area contributed by atoms with Crippen LogP contribution in [0.3, 0.4) is 0 Å². The summed E-state index contributed by atoms with van der Waals surface area (Å²) in [5.41, 5.74) is 0.00788. The summed E-state index contributed by atoms with van der Waals surface area (Å²) in [6.45, 7) is 3.81. The number of non-ortho nitro benzene ring substituents is 2. The number of hydrogen-bond donors (Lipinski definition) is 3. The van der Waals surface area contributed by atoms with Gasteiger partial charge in [-0.15, -0.1) is 0 Å². The molecule has 2 aliphatic heterocycles. The minimum atomic E-state index is -1.00. The molecule has 0 radical (unpaired) electrons. The van der Waals surface area contributed by atoms with E-state index >= 15 is 0 Å². The highest BCUT2D eigenvalue weighted by Crippen LogP contribution is 2.39. The van der Waals surface area contributed by atoms with E-state index in [0.29, 0.717) is 44.9 Å². The van der Waals surface area contributed by atoms with Gasteiger partial charge in [-0.3, -0.25) is 20.2 Å². The average molecular weight is 577 g/mol. The van der Waals surface area contributed by atoms with E-state index in [9.17, 15) is 35.5 Å². The first-order valence-electron chi connectivity index (χ1n) is 13.8. The number of benzene rings is 2. The molecule has 0 spiro atoms. The molecule has 0 saturated carbocycles. The van der Waals surface area contributed by atoms with E-state index in [1.165, 1.54) is 36.4 Å². The van der Waals surface area contributed by atoms with E-state index < -0.39 is 28.5 Å². The van der Waals surface area contributed by atoms with Crippen molar-refractivity contribution in [3.63, 3.8) is 0 Å². The quantitative estimate of drug-likeness (QED) is 0.233. The van der Waals surface area contributed by atoms with Gasteiger partial charge in [0.05, 0.1) is 51.5 Å². The Balaban J connectivity index is 1.31. The van der Waals surface area contributed by atoms with E-state index in [1.807, 2.05) is 13.8 Å². The molecule has 0 bridgehead atoms. The number of phenolic OH excluding ortho intramolecular Hbond substituents is 2. The monoisotopic (exact) mass is 576 g/mol. The van der Waals surface area contributed by atoms with Crippen LogP contribution in [0.15, 0.2) is 36.4 Å². The fourth-order valence-electron chi connectivity index (χ4n) is 5.27. The number of nitrogens with zero attached hydrogens (tertiary/aromatic N) is 2. The molecule has 2 aromatic carbocycles. The Labute approximate surface area is 236 Å². The summed E-state index contributed by atoms with van der Waals surface area (Å²) in [6, 6.07) is 7.39. The van der Waals surface area contributed by atoms with Crippen LogP contribution in [0, 0.1) is 20.2 Å². The molecule has 224 valence electrons. The van der Waals surface area contributed by atoms with Crippen molar-refractivity contribution < 1.29 is 44.1 Å². The highest BCUT2D eigenvalue weighted by molar-refractivity contribution is 5.44. The molecule has 0 aliphatic carbocycles. The Morgan fingerprint density at radius 1 is 0.854 bits per heavy atom. The molecule has 2 heterocycles. The van der Waals surface area contributed by atoms with Crippen molar-refractivity contribution >= 4 is 11.4 Å². The zero-order valence-corrected chi connectivity index (χ0v) is 23.0. The Morgan fingerprint density at radius 2 is 1.39 bits per heavy atom. The number of aliphatic hydroxyl groups excluding tert-OH is 1. The Morgan fingerprint density at radius 3 is 1.95 bits per heavy atom. The second-order valence-electron chi connectivity index (χ2n) is 10.6. The van der Waals surface area contributed by atoms with Crippen LogP contribution < -0.4 is 0 Å². The molecule has 13 heteroatoms. The fraction of sp³-hybridized carbons (Fsp3) is 0.571. The third kappa shape index (κ3) is 7.89. The lowest BCUT2D eigenvalue weighted by Gasteiger charge is -2.36. The van der Waals surface area contributed by atoms with E-state index in [-0.39, 0.29) is 58.4 Å². The summed E-state index contributed by atoms with van der Waals surface area (Å²) in [5.74, 6) is -0.318. The van der Waals surface area contributed by atoms with Crippen LogP contribution in [0.25, 0.3) is 0 Å². The molecule has 2 saturated heterocycles. The molecule has 41 heavy (non-hydrogen) atoms. The van der Waals surface area contributed by atoms with Gasteiger partial charge >= 0.3 is 0 Å². The van der Waals surface area contributed by atoms with Crippen molar-refractivity contribution in [3.05, 3.63) is 67.8 Å². The number of phenols is 2. The maximum atomic E-state index is 11.2. The number of nitro benzene ring substituents is 2. The molecular weight excluding hydrogens is 540 g/mol. The summed E-state index contributed by atoms with van der Waals surface area (Å²) in [6.07, 6.45) is 0.194. The van der Waals surface area contributed by atoms with Gasteiger partial charge in [0.2, 0.25) is 0 Å².